The minimum Gasteiger partial charge on any atom is -0.390 e. The lowest BCUT2D eigenvalue weighted by Gasteiger charge is -2.20. The van der Waals surface area contributed by atoms with Gasteiger partial charge < -0.3 is 9.74 Å². The normalized spacial score (nSPS) is 16.5. The molecule has 1 heterocycles. The number of aryl methyl sites for hydroxylation is 1. The highest BCUT2D eigenvalue weighted by Crippen LogP contribution is 2.20. The number of nitrogens with zero attached hydrogens (tertiary/aromatic N) is 2. The van der Waals surface area contributed by atoms with E-state index < -0.39 is 5.82 Å². The number of oxime groups is 1. The molecule has 0 aromatic heterocycles. The van der Waals surface area contributed by atoms with Crippen LogP contribution in [0.4, 0.5) is 4.39 Å². The van der Waals surface area contributed by atoms with Crippen LogP contribution in [-0.4, -0.2) is 36.2 Å². The molecule has 4 nitrogen and oxygen atoms in total. The summed E-state index contributed by atoms with van der Waals surface area (Å²) >= 11 is 0. The molecular weight excluding hydrogens is 307 g/mol. The average molecular weight is 326 g/mol. The van der Waals surface area contributed by atoms with Crippen molar-refractivity contribution in [2.75, 3.05) is 13.6 Å². The van der Waals surface area contributed by atoms with E-state index in [2.05, 4.69) is 5.16 Å². The van der Waals surface area contributed by atoms with Gasteiger partial charge in [-0.1, -0.05) is 35.5 Å². The summed E-state index contributed by atoms with van der Waals surface area (Å²) in [6.07, 6.45) is 0.452. The summed E-state index contributed by atoms with van der Waals surface area (Å²) in [5.41, 5.74) is 3.43. The molecule has 0 bridgehead atoms. The molecular formula is C19H19FN2O2. The number of carbonyl (C=O) groups is 1. The maximum atomic E-state index is 13.3. The van der Waals surface area contributed by atoms with E-state index in [-0.39, 0.29) is 12.0 Å². The van der Waals surface area contributed by atoms with Gasteiger partial charge in [0.15, 0.2) is 6.10 Å². The second kappa shape index (κ2) is 6.83. The van der Waals surface area contributed by atoms with Gasteiger partial charge in [-0.3, -0.25) is 4.79 Å². The maximum Gasteiger partial charge on any atom is 0.253 e. The summed E-state index contributed by atoms with van der Waals surface area (Å²) in [6.45, 7) is 2.43. The summed E-state index contributed by atoms with van der Waals surface area (Å²) in [6, 6.07) is 13.7. The zero-order valence-corrected chi connectivity index (χ0v) is 13.7. The SMILES string of the molecule is Cc1ccccc1C1=NO[C@@H](CN(C)C(=O)c2cccc(F)c2)C1. The van der Waals surface area contributed by atoms with Gasteiger partial charge in [0.2, 0.25) is 0 Å². The fourth-order valence-electron chi connectivity index (χ4n) is 2.81. The van der Waals surface area contributed by atoms with Crippen molar-refractivity contribution in [1.82, 2.24) is 4.90 Å². The summed E-state index contributed by atoms with van der Waals surface area (Å²) < 4.78 is 13.3. The van der Waals surface area contributed by atoms with Gasteiger partial charge in [0.25, 0.3) is 5.91 Å². The lowest BCUT2D eigenvalue weighted by atomic mass is 10.0. The number of carbonyl (C=O) groups excluding carboxylic acids is 1. The van der Waals surface area contributed by atoms with Gasteiger partial charge in [-0.2, -0.15) is 0 Å². The van der Waals surface area contributed by atoms with E-state index in [4.69, 9.17) is 4.84 Å². The standard InChI is InChI=1S/C19H19FN2O2/c1-13-6-3-4-9-17(13)18-11-16(24-21-18)12-22(2)19(23)14-7-5-8-15(20)10-14/h3-10,16H,11-12H2,1-2H3/t16-/m1/s1. The van der Waals surface area contributed by atoms with E-state index in [1.165, 1.54) is 23.1 Å². The largest absolute Gasteiger partial charge is 0.390 e. The topological polar surface area (TPSA) is 41.9 Å². The third-order valence-corrected chi connectivity index (χ3v) is 4.08. The Balaban J connectivity index is 1.62. The Bertz CT molecular complexity index is 788. The van der Waals surface area contributed by atoms with Gasteiger partial charge in [0.05, 0.1) is 12.3 Å². The third kappa shape index (κ3) is 3.45. The van der Waals surface area contributed by atoms with Crippen LogP contribution in [0.1, 0.15) is 27.9 Å². The van der Waals surface area contributed by atoms with Gasteiger partial charge in [-0.05, 0) is 30.7 Å². The Hall–Kier alpha value is -2.69. The summed E-state index contributed by atoms with van der Waals surface area (Å²) in [5.74, 6) is -0.654. The Morgan fingerprint density at radius 1 is 1.29 bits per heavy atom. The molecule has 2 aromatic carbocycles. The average Bonchev–Trinajstić information content (AvgIpc) is 3.02. The molecule has 0 unspecified atom stereocenters. The third-order valence-electron chi connectivity index (χ3n) is 4.08. The smallest absolute Gasteiger partial charge is 0.253 e. The van der Waals surface area contributed by atoms with Crippen LogP contribution in [0, 0.1) is 12.7 Å². The Morgan fingerprint density at radius 3 is 2.83 bits per heavy atom. The lowest BCUT2D eigenvalue weighted by Crippen LogP contribution is -2.34. The molecule has 1 amide bonds. The van der Waals surface area contributed by atoms with Crippen molar-refractivity contribution in [2.45, 2.75) is 19.4 Å². The van der Waals surface area contributed by atoms with Crippen molar-refractivity contribution in [1.29, 1.82) is 0 Å². The zero-order valence-electron chi connectivity index (χ0n) is 13.7. The molecule has 2 aromatic rings. The van der Waals surface area contributed by atoms with Crippen molar-refractivity contribution in [3.63, 3.8) is 0 Å². The molecule has 5 heteroatoms. The van der Waals surface area contributed by atoms with Crippen molar-refractivity contribution in [3.8, 4) is 0 Å². The number of benzene rings is 2. The van der Waals surface area contributed by atoms with Crippen LogP contribution in [0.15, 0.2) is 53.7 Å². The molecule has 0 N–H and O–H groups in total. The van der Waals surface area contributed by atoms with Crippen LogP contribution < -0.4 is 0 Å². The molecule has 0 saturated heterocycles. The second-order valence-corrected chi connectivity index (χ2v) is 5.98. The van der Waals surface area contributed by atoms with E-state index in [0.717, 1.165) is 16.8 Å². The van der Waals surface area contributed by atoms with E-state index >= 15 is 0 Å². The summed E-state index contributed by atoms with van der Waals surface area (Å²) in [4.78, 5) is 19.4. The second-order valence-electron chi connectivity index (χ2n) is 5.98. The highest BCUT2D eigenvalue weighted by molar-refractivity contribution is 6.02. The molecule has 0 aliphatic carbocycles. The van der Waals surface area contributed by atoms with Crippen LogP contribution in [0.25, 0.3) is 0 Å². The zero-order chi connectivity index (χ0) is 17.1. The predicted octanol–water partition coefficient (Wildman–Crippen LogP) is 3.40. The molecule has 124 valence electrons. The number of halogens is 1. The first-order valence-electron chi connectivity index (χ1n) is 7.84. The van der Waals surface area contributed by atoms with E-state index in [1.807, 2.05) is 31.2 Å². The molecule has 0 fully saturated rings. The monoisotopic (exact) mass is 326 g/mol. The number of hydrogen-bond acceptors (Lipinski definition) is 3. The summed E-state index contributed by atoms with van der Waals surface area (Å²) in [7, 11) is 1.68. The number of rotatable bonds is 4. The highest BCUT2D eigenvalue weighted by Gasteiger charge is 2.26. The molecule has 24 heavy (non-hydrogen) atoms. The van der Waals surface area contributed by atoms with E-state index in [9.17, 15) is 9.18 Å². The van der Waals surface area contributed by atoms with E-state index in [0.29, 0.717) is 18.5 Å². The first kappa shape index (κ1) is 16.2. The highest BCUT2D eigenvalue weighted by atomic mass is 19.1. The molecule has 0 spiro atoms. The van der Waals surface area contributed by atoms with Gasteiger partial charge in [-0.25, -0.2) is 4.39 Å². The van der Waals surface area contributed by atoms with Crippen LogP contribution in [0.5, 0.6) is 0 Å². The van der Waals surface area contributed by atoms with Crippen LogP contribution in [0.3, 0.4) is 0 Å². The van der Waals surface area contributed by atoms with Crippen LogP contribution >= 0.6 is 0 Å². The molecule has 1 atom stereocenters. The Morgan fingerprint density at radius 2 is 2.08 bits per heavy atom. The van der Waals surface area contributed by atoms with Crippen molar-refractivity contribution in [3.05, 3.63) is 71.0 Å². The van der Waals surface area contributed by atoms with Crippen LogP contribution in [-0.2, 0) is 4.84 Å². The van der Waals surface area contributed by atoms with Gasteiger partial charge >= 0.3 is 0 Å². The predicted molar refractivity (Wildman–Crippen MR) is 90.6 cm³/mol. The minimum absolute atomic E-state index is 0.192. The fraction of sp³-hybridized carbons (Fsp3) is 0.263. The quantitative estimate of drug-likeness (QED) is 0.864. The lowest BCUT2D eigenvalue weighted by molar-refractivity contribution is 0.0482. The summed E-state index contributed by atoms with van der Waals surface area (Å²) in [5, 5.41) is 4.17. The van der Waals surface area contributed by atoms with Gasteiger partial charge in [-0.15, -0.1) is 0 Å². The molecule has 3 rings (SSSR count). The van der Waals surface area contributed by atoms with E-state index in [1.54, 1.807) is 13.1 Å². The van der Waals surface area contributed by atoms with Gasteiger partial charge in [0, 0.05) is 24.6 Å². The Kier molecular flexibility index (Phi) is 4.60. The molecule has 1 aliphatic heterocycles. The molecule has 1 aliphatic rings. The fourth-order valence-corrected chi connectivity index (χ4v) is 2.81. The first-order chi connectivity index (χ1) is 11.5. The van der Waals surface area contributed by atoms with Crippen LogP contribution in [0.2, 0.25) is 0 Å². The molecule has 0 radical (unpaired) electrons. The first-order valence-corrected chi connectivity index (χ1v) is 7.84. The van der Waals surface area contributed by atoms with Gasteiger partial charge in [0.1, 0.15) is 5.82 Å². The Labute approximate surface area is 140 Å². The van der Waals surface area contributed by atoms with Crippen molar-refractivity contribution < 1.29 is 14.0 Å². The van der Waals surface area contributed by atoms with Crippen molar-refractivity contribution >= 4 is 11.6 Å². The number of likely N-dealkylation sites (N-methyl/N-ethyl adjacent to an activating group) is 1. The van der Waals surface area contributed by atoms with Crippen molar-refractivity contribution in [2.24, 2.45) is 5.16 Å². The maximum absolute atomic E-state index is 13.3. The minimum atomic E-state index is -0.420. The molecule has 0 saturated carbocycles. The number of amides is 1. The number of hydrogen-bond donors (Lipinski definition) is 0.